The standard InChI is InChI=1S/C11H12BrN3O5S/c1-6(2)15-5-7(4-13-15)14-21(18,19)9-3-8(11(16)17)20-10(9)12/h3-6,14H,1-2H3,(H,16,17). The van der Waals surface area contributed by atoms with Gasteiger partial charge in [0, 0.05) is 18.3 Å². The Bertz CT molecular complexity index is 778. The monoisotopic (exact) mass is 377 g/mol. The number of halogens is 1. The van der Waals surface area contributed by atoms with Crippen LogP contribution in [-0.2, 0) is 10.0 Å². The van der Waals surface area contributed by atoms with Gasteiger partial charge >= 0.3 is 5.97 Å². The number of hydrogen-bond acceptors (Lipinski definition) is 5. The second kappa shape index (κ2) is 5.53. The zero-order valence-electron chi connectivity index (χ0n) is 11.1. The number of nitrogens with zero attached hydrogens (tertiary/aromatic N) is 2. The summed E-state index contributed by atoms with van der Waals surface area (Å²) in [6, 6.07) is 1.02. The normalized spacial score (nSPS) is 11.8. The van der Waals surface area contributed by atoms with Crippen LogP contribution in [0.25, 0.3) is 0 Å². The van der Waals surface area contributed by atoms with Crippen LogP contribution in [0.5, 0.6) is 0 Å². The van der Waals surface area contributed by atoms with E-state index in [-0.39, 0.29) is 21.3 Å². The summed E-state index contributed by atoms with van der Waals surface area (Å²) in [4.78, 5) is 10.5. The number of carboxylic acid groups (broad SMARTS) is 1. The van der Waals surface area contributed by atoms with Crippen molar-refractivity contribution >= 4 is 37.6 Å². The van der Waals surface area contributed by atoms with Crippen LogP contribution in [0.1, 0.15) is 30.4 Å². The Morgan fingerprint density at radius 2 is 2.19 bits per heavy atom. The summed E-state index contributed by atoms with van der Waals surface area (Å²) in [7, 11) is -3.98. The fourth-order valence-electron chi connectivity index (χ4n) is 1.52. The molecule has 0 aromatic carbocycles. The van der Waals surface area contributed by atoms with E-state index in [0.29, 0.717) is 0 Å². The molecule has 2 N–H and O–H groups in total. The van der Waals surface area contributed by atoms with Crippen molar-refractivity contribution in [3.63, 3.8) is 0 Å². The fourth-order valence-corrected chi connectivity index (χ4v) is 3.49. The van der Waals surface area contributed by atoms with E-state index >= 15 is 0 Å². The second-order valence-corrected chi connectivity index (χ2v) is 6.83. The Kier molecular flexibility index (Phi) is 4.10. The number of carboxylic acids is 1. The minimum Gasteiger partial charge on any atom is -0.475 e. The molecule has 0 aliphatic heterocycles. The van der Waals surface area contributed by atoms with E-state index in [1.807, 2.05) is 13.8 Å². The molecule has 2 aromatic rings. The number of nitrogens with one attached hydrogen (secondary N) is 1. The van der Waals surface area contributed by atoms with Crippen LogP contribution in [0.4, 0.5) is 5.69 Å². The first-order valence-electron chi connectivity index (χ1n) is 5.80. The first-order valence-corrected chi connectivity index (χ1v) is 8.08. The highest BCUT2D eigenvalue weighted by Crippen LogP contribution is 2.28. The summed E-state index contributed by atoms with van der Waals surface area (Å²) < 4.78 is 33.0. The summed E-state index contributed by atoms with van der Waals surface area (Å²) in [5.41, 5.74) is 0.272. The molecule has 2 heterocycles. The van der Waals surface area contributed by atoms with E-state index < -0.39 is 21.8 Å². The number of anilines is 1. The number of rotatable bonds is 5. The molecule has 0 aliphatic carbocycles. The number of furan rings is 1. The summed E-state index contributed by atoms with van der Waals surface area (Å²) >= 11 is 2.89. The lowest BCUT2D eigenvalue weighted by Gasteiger charge is -2.05. The van der Waals surface area contributed by atoms with Crippen molar-refractivity contribution in [1.82, 2.24) is 9.78 Å². The molecule has 0 radical (unpaired) electrons. The predicted octanol–water partition coefficient (Wildman–Crippen LogP) is 2.32. The van der Waals surface area contributed by atoms with Gasteiger partial charge in [0.25, 0.3) is 10.0 Å². The van der Waals surface area contributed by atoms with Crippen LogP contribution in [0.15, 0.2) is 32.4 Å². The highest BCUT2D eigenvalue weighted by Gasteiger charge is 2.25. The third-order valence-electron chi connectivity index (χ3n) is 2.54. The molecular formula is C11H12BrN3O5S. The number of carbonyl (C=O) groups is 1. The minimum atomic E-state index is -3.98. The van der Waals surface area contributed by atoms with Gasteiger partial charge in [0.05, 0.1) is 11.9 Å². The van der Waals surface area contributed by atoms with E-state index in [9.17, 15) is 13.2 Å². The van der Waals surface area contributed by atoms with Gasteiger partial charge in [-0.25, -0.2) is 13.2 Å². The highest BCUT2D eigenvalue weighted by atomic mass is 79.9. The smallest absolute Gasteiger partial charge is 0.371 e. The van der Waals surface area contributed by atoms with Crippen molar-refractivity contribution in [2.24, 2.45) is 0 Å². The third kappa shape index (κ3) is 3.27. The number of aromatic carboxylic acids is 1. The van der Waals surface area contributed by atoms with Gasteiger partial charge < -0.3 is 9.52 Å². The van der Waals surface area contributed by atoms with Crippen LogP contribution in [0.3, 0.4) is 0 Å². The van der Waals surface area contributed by atoms with E-state index in [1.165, 1.54) is 12.4 Å². The predicted molar refractivity (Wildman–Crippen MR) is 76.8 cm³/mol. The molecule has 0 saturated carbocycles. The van der Waals surface area contributed by atoms with E-state index in [0.717, 1.165) is 6.07 Å². The number of hydrogen-bond donors (Lipinski definition) is 2. The number of aromatic nitrogens is 2. The summed E-state index contributed by atoms with van der Waals surface area (Å²) in [5.74, 6) is -1.83. The van der Waals surface area contributed by atoms with Gasteiger partial charge in [-0.1, -0.05) is 0 Å². The molecule has 2 rings (SSSR count). The maximum Gasteiger partial charge on any atom is 0.371 e. The van der Waals surface area contributed by atoms with E-state index in [2.05, 4.69) is 25.8 Å². The molecule has 0 amide bonds. The molecular weight excluding hydrogens is 366 g/mol. The average molecular weight is 378 g/mol. The maximum atomic E-state index is 12.2. The molecule has 0 atom stereocenters. The van der Waals surface area contributed by atoms with Crippen molar-refractivity contribution in [2.75, 3.05) is 4.72 Å². The summed E-state index contributed by atoms with van der Waals surface area (Å²) in [5, 5.41) is 12.8. The van der Waals surface area contributed by atoms with E-state index in [4.69, 9.17) is 9.52 Å². The van der Waals surface area contributed by atoms with Crippen molar-refractivity contribution in [3.05, 3.63) is 28.9 Å². The molecule has 0 bridgehead atoms. The first-order chi connectivity index (χ1) is 9.70. The maximum absolute atomic E-state index is 12.2. The summed E-state index contributed by atoms with van der Waals surface area (Å²) in [6.07, 6.45) is 2.90. The second-order valence-electron chi connectivity index (χ2n) is 4.46. The van der Waals surface area contributed by atoms with Crippen LogP contribution < -0.4 is 4.72 Å². The van der Waals surface area contributed by atoms with Crippen LogP contribution in [0, 0.1) is 0 Å². The molecule has 10 heteroatoms. The lowest BCUT2D eigenvalue weighted by molar-refractivity contribution is 0.0661. The highest BCUT2D eigenvalue weighted by molar-refractivity contribution is 9.10. The Hall–Kier alpha value is -1.81. The number of sulfonamides is 1. The minimum absolute atomic E-state index is 0.0857. The van der Waals surface area contributed by atoms with E-state index in [1.54, 1.807) is 4.68 Å². The van der Waals surface area contributed by atoms with Gasteiger partial charge in [-0.3, -0.25) is 9.40 Å². The van der Waals surface area contributed by atoms with Crippen molar-refractivity contribution < 1.29 is 22.7 Å². The van der Waals surface area contributed by atoms with Crippen molar-refractivity contribution in [1.29, 1.82) is 0 Å². The molecule has 114 valence electrons. The molecule has 8 nitrogen and oxygen atoms in total. The fraction of sp³-hybridized carbons (Fsp3) is 0.273. The van der Waals surface area contributed by atoms with Gasteiger partial charge in [-0.2, -0.15) is 5.10 Å². The Labute approximate surface area is 128 Å². The van der Waals surface area contributed by atoms with Gasteiger partial charge in [0.15, 0.2) is 4.67 Å². The Morgan fingerprint density at radius 1 is 1.52 bits per heavy atom. The van der Waals surface area contributed by atoms with Gasteiger partial charge in [0.1, 0.15) is 4.90 Å². The first kappa shape index (κ1) is 15.6. The molecule has 0 fully saturated rings. The van der Waals surface area contributed by atoms with Crippen LogP contribution in [-0.4, -0.2) is 29.3 Å². The molecule has 0 saturated heterocycles. The zero-order chi connectivity index (χ0) is 15.8. The molecule has 0 spiro atoms. The Morgan fingerprint density at radius 3 is 2.67 bits per heavy atom. The zero-order valence-corrected chi connectivity index (χ0v) is 13.5. The van der Waals surface area contributed by atoms with Gasteiger partial charge in [-0.15, -0.1) is 0 Å². The van der Waals surface area contributed by atoms with Gasteiger partial charge in [-0.05, 0) is 29.8 Å². The van der Waals surface area contributed by atoms with Crippen LogP contribution >= 0.6 is 15.9 Å². The third-order valence-corrected chi connectivity index (χ3v) is 4.78. The summed E-state index contributed by atoms with van der Waals surface area (Å²) in [6.45, 7) is 3.80. The van der Waals surface area contributed by atoms with Crippen molar-refractivity contribution in [3.8, 4) is 0 Å². The molecule has 2 aromatic heterocycles. The van der Waals surface area contributed by atoms with Crippen LogP contribution in [0.2, 0.25) is 0 Å². The Balaban J connectivity index is 2.31. The molecule has 21 heavy (non-hydrogen) atoms. The lowest BCUT2D eigenvalue weighted by Crippen LogP contribution is -2.12. The van der Waals surface area contributed by atoms with Crippen molar-refractivity contribution in [2.45, 2.75) is 24.8 Å². The average Bonchev–Trinajstić information content (AvgIpc) is 2.95. The molecule has 0 unspecified atom stereocenters. The topological polar surface area (TPSA) is 114 Å². The largest absolute Gasteiger partial charge is 0.475 e. The van der Waals surface area contributed by atoms with Gasteiger partial charge in [0.2, 0.25) is 5.76 Å². The molecule has 0 aliphatic rings. The quantitative estimate of drug-likeness (QED) is 0.825. The lowest BCUT2D eigenvalue weighted by atomic mass is 10.4. The SMILES string of the molecule is CC(C)n1cc(NS(=O)(=O)c2cc(C(=O)O)oc2Br)cn1.